The first-order valence-electron chi connectivity index (χ1n) is 10.7. The Bertz CT molecular complexity index is 1350. The number of urea groups is 1. The van der Waals surface area contributed by atoms with Crippen molar-refractivity contribution in [1.29, 1.82) is 0 Å². The number of methoxy groups -OCH3 is 2. The molecule has 0 saturated carbocycles. The molecule has 0 spiro atoms. The fraction of sp³-hybridized carbons (Fsp3) is 0.200. The number of ether oxygens (including phenoxy) is 2. The van der Waals surface area contributed by atoms with Gasteiger partial charge in [0.05, 0.1) is 44.1 Å². The van der Waals surface area contributed by atoms with E-state index in [1.54, 1.807) is 32.5 Å². The van der Waals surface area contributed by atoms with E-state index < -0.39 is 0 Å². The number of nitrogens with zero attached hydrogens (tertiary/aromatic N) is 3. The lowest BCUT2D eigenvalue weighted by molar-refractivity contribution is 0.240. The van der Waals surface area contributed by atoms with Crippen LogP contribution in [0.3, 0.4) is 0 Å². The molecule has 0 fully saturated rings. The normalized spacial score (nSPS) is 10.6. The Labute approximate surface area is 196 Å². The van der Waals surface area contributed by atoms with Crippen LogP contribution in [0.4, 0.5) is 4.79 Å². The average Bonchev–Trinajstić information content (AvgIpc) is 2.88. The van der Waals surface area contributed by atoms with Gasteiger partial charge in [-0.3, -0.25) is 9.78 Å². The molecule has 0 radical (unpaired) electrons. The number of benzene rings is 2. The average molecular weight is 460 g/mol. The SMILES string of the molecule is COc1ccc(CNC(=O)NCc2nn(Cc3ccccn3)c(=O)c3ccccc23)cc1OC. The van der Waals surface area contributed by atoms with Crippen molar-refractivity contribution in [1.82, 2.24) is 25.4 Å². The summed E-state index contributed by atoms with van der Waals surface area (Å²) in [5, 5.41) is 11.4. The van der Waals surface area contributed by atoms with Crippen LogP contribution in [0.2, 0.25) is 0 Å². The maximum atomic E-state index is 12.9. The molecule has 2 aromatic heterocycles. The van der Waals surface area contributed by atoms with Gasteiger partial charge in [-0.15, -0.1) is 0 Å². The van der Waals surface area contributed by atoms with Gasteiger partial charge in [0, 0.05) is 18.1 Å². The zero-order chi connectivity index (χ0) is 23.9. The van der Waals surface area contributed by atoms with Crippen molar-refractivity contribution in [3.05, 3.63) is 94.2 Å². The molecule has 0 saturated heterocycles. The monoisotopic (exact) mass is 459 g/mol. The van der Waals surface area contributed by atoms with Gasteiger partial charge in [-0.2, -0.15) is 5.10 Å². The number of rotatable bonds is 8. The number of aromatic nitrogens is 3. The molecule has 0 bridgehead atoms. The third-order valence-corrected chi connectivity index (χ3v) is 5.30. The summed E-state index contributed by atoms with van der Waals surface area (Å²) in [7, 11) is 3.13. The smallest absolute Gasteiger partial charge is 0.315 e. The third-order valence-electron chi connectivity index (χ3n) is 5.30. The first-order valence-corrected chi connectivity index (χ1v) is 10.7. The van der Waals surface area contributed by atoms with Crippen LogP contribution in [-0.4, -0.2) is 35.0 Å². The highest BCUT2D eigenvalue weighted by Gasteiger charge is 2.12. The van der Waals surface area contributed by atoms with Crippen molar-refractivity contribution in [2.75, 3.05) is 14.2 Å². The standard InChI is InChI=1S/C25H25N5O4/c1-33-22-11-10-17(13-23(22)34-2)14-27-25(32)28-15-21-19-8-3-4-9-20(19)24(31)30(29-21)16-18-7-5-6-12-26-18/h3-13H,14-16H2,1-2H3,(H2,27,28,32). The highest BCUT2D eigenvalue weighted by molar-refractivity contribution is 5.84. The number of amides is 2. The molecule has 0 aliphatic heterocycles. The van der Waals surface area contributed by atoms with Gasteiger partial charge in [-0.05, 0) is 35.9 Å². The zero-order valence-electron chi connectivity index (χ0n) is 18.9. The highest BCUT2D eigenvalue weighted by Crippen LogP contribution is 2.27. The van der Waals surface area contributed by atoms with Crippen LogP contribution in [0.25, 0.3) is 10.8 Å². The van der Waals surface area contributed by atoms with Gasteiger partial charge < -0.3 is 20.1 Å². The molecule has 4 aromatic rings. The largest absolute Gasteiger partial charge is 0.493 e. The molecular weight excluding hydrogens is 434 g/mol. The van der Waals surface area contributed by atoms with E-state index in [1.165, 1.54) is 4.68 Å². The lowest BCUT2D eigenvalue weighted by Crippen LogP contribution is -2.35. The molecule has 2 N–H and O–H groups in total. The zero-order valence-corrected chi connectivity index (χ0v) is 18.9. The van der Waals surface area contributed by atoms with Crippen molar-refractivity contribution in [2.45, 2.75) is 19.6 Å². The van der Waals surface area contributed by atoms with E-state index in [1.807, 2.05) is 48.5 Å². The molecule has 0 atom stereocenters. The number of nitrogens with one attached hydrogen (secondary N) is 2. The summed E-state index contributed by atoms with van der Waals surface area (Å²) in [6, 6.07) is 17.8. The Morgan fingerprint density at radius 1 is 0.912 bits per heavy atom. The molecule has 0 aliphatic carbocycles. The molecule has 2 amide bonds. The summed E-state index contributed by atoms with van der Waals surface area (Å²) in [5.74, 6) is 1.21. The van der Waals surface area contributed by atoms with E-state index >= 15 is 0 Å². The van der Waals surface area contributed by atoms with E-state index in [0.717, 1.165) is 11.3 Å². The Kier molecular flexibility index (Phi) is 7.02. The first kappa shape index (κ1) is 22.8. The van der Waals surface area contributed by atoms with E-state index in [2.05, 4.69) is 20.7 Å². The molecule has 34 heavy (non-hydrogen) atoms. The van der Waals surface area contributed by atoms with Gasteiger partial charge >= 0.3 is 6.03 Å². The second-order valence-electron chi connectivity index (χ2n) is 7.50. The molecule has 2 heterocycles. The van der Waals surface area contributed by atoms with E-state index in [0.29, 0.717) is 34.5 Å². The fourth-order valence-corrected chi connectivity index (χ4v) is 3.59. The first-order chi connectivity index (χ1) is 16.6. The quantitative estimate of drug-likeness (QED) is 0.420. The molecule has 2 aromatic carbocycles. The minimum atomic E-state index is -0.358. The molecular formula is C25H25N5O4. The Hall–Kier alpha value is -4.40. The number of carbonyl (C=O) groups excluding carboxylic acids is 1. The molecule has 9 nitrogen and oxygen atoms in total. The number of pyridine rings is 1. The van der Waals surface area contributed by atoms with Gasteiger partial charge in [0.1, 0.15) is 0 Å². The van der Waals surface area contributed by atoms with Crippen molar-refractivity contribution in [3.63, 3.8) is 0 Å². The molecule has 0 unspecified atom stereocenters. The van der Waals surface area contributed by atoms with Gasteiger partial charge in [0.25, 0.3) is 5.56 Å². The van der Waals surface area contributed by atoms with Crippen LogP contribution in [0.5, 0.6) is 11.5 Å². The fourth-order valence-electron chi connectivity index (χ4n) is 3.59. The van der Waals surface area contributed by atoms with Crippen molar-refractivity contribution >= 4 is 16.8 Å². The van der Waals surface area contributed by atoms with Gasteiger partial charge in [-0.25, -0.2) is 9.48 Å². The van der Waals surface area contributed by atoms with Crippen molar-refractivity contribution in [3.8, 4) is 11.5 Å². The summed E-state index contributed by atoms with van der Waals surface area (Å²) in [4.78, 5) is 29.7. The minimum Gasteiger partial charge on any atom is -0.493 e. The Morgan fingerprint density at radius 2 is 1.65 bits per heavy atom. The van der Waals surface area contributed by atoms with Gasteiger partial charge in [0.2, 0.25) is 0 Å². The third kappa shape index (κ3) is 5.15. The van der Waals surface area contributed by atoms with Gasteiger partial charge in [-0.1, -0.05) is 30.3 Å². The molecule has 4 rings (SSSR count). The summed E-state index contributed by atoms with van der Waals surface area (Å²) in [6.45, 7) is 0.698. The van der Waals surface area contributed by atoms with Crippen LogP contribution in [0.1, 0.15) is 17.0 Å². The Morgan fingerprint density at radius 3 is 2.38 bits per heavy atom. The van der Waals surface area contributed by atoms with Crippen LogP contribution in [0.15, 0.2) is 71.7 Å². The molecule has 9 heteroatoms. The summed E-state index contributed by atoms with van der Waals surface area (Å²) >= 11 is 0. The van der Waals surface area contributed by atoms with E-state index in [-0.39, 0.29) is 24.7 Å². The van der Waals surface area contributed by atoms with Crippen LogP contribution in [0, 0.1) is 0 Å². The van der Waals surface area contributed by atoms with Crippen molar-refractivity contribution in [2.24, 2.45) is 0 Å². The second kappa shape index (κ2) is 10.5. The molecule has 0 aliphatic rings. The summed E-state index contributed by atoms with van der Waals surface area (Å²) < 4.78 is 11.9. The van der Waals surface area contributed by atoms with Crippen LogP contribution >= 0.6 is 0 Å². The summed E-state index contributed by atoms with van der Waals surface area (Å²) in [6.07, 6.45) is 1.67. The minimum absolute atomic E-state index is 0.154. The predicted octanol–water partition coefficient (Wildman–Crippen LogP) is 2.86. The molecule has 174 valence electrons. The Balaban J connectivity index is 1.48. The van der Waals surface area contributed by atoms with Crippen LogP contribution < -0.4 is 25.7 Å². The lowest BCUT2D eigenvalue weighted by atomic mass is 10.1. The number of carbonyl (C=O) groups is 1. The maximum Gasteiger partial charge on any atom is 0.315 e. The van der Waals surface area contributed by atoms with Crippen molar-refractivity contribution < 1.29 is 14.3 Å². The predicted molar refractivity (Wildman–Crippen MR) is 128 cm³/mol. The second-order valence-corrected chi connectivity index (χ2v) is 7.50. The number of hydrogen-bond acceptors (Lipinski definition) is 6. The summed E-state index contributed by atoms with van der Waals surface area (Å²) in [5.41, 5.74) is 1.97. The maximum absolute atomic E-state index is 12.9. The van der Waals surface area contributed by atoms with Crippen LogP contribution in [-0.2, 0) is 19.6 Å². The number of hydrogen-bond donors (Lipinski definition) is 2. The highest BCUT2D eigenvalue weighted by atomic mass is 16.5. The van der Waals surface area contributed by atoms with E-state index in [9.17, 15) is 9.59 Å². The van der Waals surface area contributed by atoms with Gasteiger partial charge in [0.15, 0.2) is 11.5 Å². The van der Waals surface area contributed by atoms with E-state index in [4.69, 9.17) is 9.47 Å². The lowest BCUT2D eigenvalue weighted by Gasteiger charge is -2.13. The topological polar surface area (TPSA) is 107 Å². The number of fused-ring (bicyclic) bond motifs is 1.